The molecule has 1 saturated carbocycles. The van der Waals surface area contributed by atoms with Gasteiger partial charge in [-0.3, -0.25) is 4.79 Å². The summed E-state index contributed by atoms with van der Waals surface area (Å²) in [6, 6.07) is 1.91. The minimum atomic E-state index is -5.05. The van der Waals surface area contributed by atoms with Gasteiger partial charge in [0.25, 0.3) is 5.91 Å². The molecule has 3 aromatic rings. The number of anilines is 1. The summed E-state index contributed by atoms with van der Waals surface area (Å²) < 4.78 is 57.7. The molecule has 2 N–H and O–H groups in total. The second-order valence-corrected chi connectivity index (χ2v) is 8.79. The molecule has 5 rings (SSSR count). The first kappa shape index (κ1) is 22.0. The molecule has 1 aliphatic heterocycles. The molecule has 1 spiro atoms. The minimum Gasteiger partial charge on any atom is -0.403 e. The standard InChI is InChI=1S/C21H20F4N6O3/c1-29-4-5-31-17(29)14(9-26-31)18(32)30-10-20(11-30)7-13(8-20)28-19(33)27-12-2-3-15(22)16(6-12)34-21(23,24)25/h2-6,9,13H,7-8,10-11H2,1H3,(H2,27,28,33). The van der Waals surface area contributed by atoms with E-state index >= 15 is 0 Å². The number of carbonyl (C=O) groups is 2. The van der Waals surface area contributed by atoms with Crippen molar-refractivity contribution in [3.63, 3.8) is 0 Å². The fourth-order valence-corrected chi connectivity index (χ4v) is 4.76. The van der Waals surface area contributed by atoms with Gasteiger partial charge in [0, 0.05) is 55.7 Å². The van der Waals surface area contributed by atoms with Gasteiger partial charge in [-0.1, -0.05) is 0 Å². The zero-order valence-electron chi connectivity index (χ0n) is 17.9. The van der Waals surface area contributed by atoms with Crippen molar-refractivity contribution in [2.75, 3.05) is 18.4 Å². The smallest absolute Gasteiger partial charge is 0.403 e. The molecule has 0 bridgehead atoms. The highest BCUT2D eigenvalue weighted by molar-refractivity contribution is 6.00. The van der Waals surface area contributed by atoms with Crippen LogP contribution in [0.1, 0.15) is 23.2 Å². The predicted molar refractivity (Wildman–Crippen MR) is 111 cm³/mol. The number of ether oxygens (including phenoxy) is 1. The van der Waals surface area contributed by atoms with Crippen LogP contribution in [-0.4, -0.2) is 56.5 Å². The maximum Gasteiger partial charge on any atom is 0.573 e. The van der Waals surface area contributed by atoms with Crippen LogP contribution in [0.4, 0.5) is 28.0 Å². The Labute approximate surface area is 190 Å². The molecule has 0 radical (unpaired) electrons. The number of urea groups is 1. The molecule has 34 heavy (non-hydrogen) atoms. The van der Waals surface area contributed by atoms with E-state index in [1.165, 1.54) is 0 Å². The number of carbonyl (C=O) groups excluding carboxylic acids is 2. The van der Waals surface area contributed by atoms with Crippen LogP contribution in [0.3, 0.4) is 0 Å². The van der Waals surface area contributed by atoms with Crippen molar-refractivity contribution < 1.29 is 31.9 Å². The van der Waals surface area contributed by atoms with Gasteiger partial charge in [-0.15, -0.1) is 13.2 Å². The molecule has 2 fully saturated rings. The fourth-order valence-electron chi connectivity index (χ4n) is 4.76. The molecular weight excluding hydrogens is 460 g/mol. The molecule has 2 aromatic heterocycles. The summed E-state index contributed by atoms with van der Waals surface area (Å²) in [6.45, 7) is 1.15. The molecule has 3 amide bonds. The Morgan fingerprint density at radius 1 is 1.21 bits per heavy atom. The first-order valence-electron chi connectivity index (χ1n) is 10.4. The molecule has 1 aliphatic carbocycles. The molecule has 3 heterocycles. The number of benzene rings is 1. The highest BCUT2D eigenvalue weighted by Gasteiger charge is 2.54. The number of fused-ring (bicyclic) bond motifs is 1. The molecule has 180 valence electrons. The van der Waals surface area contributed by atoms with Gasteiger partial charge in [0.1, 0.15) is 11.2 Å². The third-order valence-electron chi connectivity index (χ3n) is 6.21. The van der Waals surface area contributed by atoms with Crippen LogP contribution in [0.25, 0.3) is 5.65 Å². The highest BCUT2D eigenvalue weighted by Crippen LogP contribution is 2.48. The van der Waals surface area contributed by atoms with Crippen LogP contribution in [-0.2, 0) is 7.05 Å². The molecule has 2 aliphatic rings. The van der Waals surface area contributed by atoms with Crippen LogP contribution < -0.4 is 15.4 Å². The lowest BCUT2D eigenvalue weighted by Crippen LogP contribution is -2.67. The topological polar surface area (TPSA) is 92.9 Å². The lowest BCUT2D eigenvalue weighted by atomic mass is 9.60. The summed E-state index contributed by atoms with van der Waals surface area (Å²) in [5.41, 5.74) is 1.16. The van der Waals surface area contributed by atoms with E-state index in [9.17, 15) is 27.2 Å². The number of rotatable bonds is 4. The second kappa shape index (κ2) is 7.64. The summed E-state index contributed by atoms with van der Waals surface area (Å²) >= 11 is 0. The Morgan fingerprint density at radius 3 is 2.65 bits per heavy atom. The summed E-state index contributed by atoms with van der Waals surface area (Å²) in [6.07, 6.45) is 1.43. The third-order valence-corrected chi connectivity index (χ3v) is 6.21. The van der Waals surface area contributed by atoms with Crippen molar-refractivity contribution >= 4 is 23.3 Å². The van der Waals surface area contributed by atoms with E-state index in [1.807, 2.05) is 17.8 Å². The van der Waals surface area contributed by atoms with Gasteiger partial charge in [0.2, 0.25) is 0 Å². The van der Waals surface area contributed by atoms with E-state index in [0.717, 1.165) is 23.8 Å². The number of amides is 3. The Hall–Kier alpha value is -3.77. The first-order valence-corrected chi connectivity index (χ1v) is 10.4. The molecule has 13 heteroatoms. The van der Waals surface area contributed by atoms with Gasteiger partial charge >= 0.3 is 12.4 Å². The van der Waals surface area contributed by atoms with Crippen LogP contribution in [0.15, 0.2) is 36.8 Å². The first-order chi connectivity index (χ1) is 16.0. The minimum absolute atomic E-state index is 0.0410. The SMILES string of the molecule is Cn1ccn2ncc(C(=O)N3CC4(CC(NC(=O)Nc5ccc(F)c(OC(F)(F)F)c5)C4)C3)c12. The highest BCUT2D eigenvalue weighted by atomic mass is 19.4. The zero-order chi connectivity index (χ0) is 24.3. The lowest BCUT2D eigenvalue weighted by molar-refractivity contribution is -0.275. The molecule has 0 unspecified atom stereocenters. The molecule has 1 saturated heterocycles. The van der Waals surface area contributed by atoms with Crippen molar-refractivity contribution in [1.82, 2.24) is 24.4 Å². The van der Waals surface area contributed by atoms with E-state index in [4.69, 9.17) is 0 Å². The molecule has 9 nitrogen and oxygen atoms in total. The average Bonchev–Trinajstić information content (AvgIpc) is 3.27. The van der Waals surface area contributed by atoms with Crippen LogP contribution in [0.2, 0.25) is 0 Å². The van der Waals surface area contributed by atoms with Gasteiger partial charge in [0.15, 0.2) is 11.6 Å². The second-order valence-electron chi connectivity index (χ2n) is 8.79. The van der Waals surface area contributed by atoms with Crippen LogP contribution in [0, 0.1) is 11.2 Å². The number of nitrogens with one attached hydrogen (secondary N) is 2. The van der Waals surface area contributed by atoms with E-state index in [2.05, 4.69) is 20.5 Å². The normalized spacial score (nSPS) is 17.4. The number of likely N-dealkylation sites (tertiary alicyclic amines) is 1. The van der Waals surface area contributed by atoms with E-state index in [1.54, 1.807) is 21.8 Å². The number of aromatic nitrogens is 3. The molecular formula is C21H20F4N6O3. The number of aryl methyl sites for hydroxylation is 1. The Bertz CT molecular complexity index is 1270. The fraction of sp³-hybridized carbons (Fsp3) is 0.381. The number of alkyl halides is 3. The van der Waals surface area contributed by atoms with Gasteiger partial charge in [-0.2, -0.15) is 5.10 Å². The Morgan fingerprint density at radius 2 is 1.94 bits per heavy atom. The Kier molecular flexibility index (Phi) is 4.95. The van der Waals surface area contributed by atoms with E-state index < -0.39 is 24.0 Å². The maximum absolute atomic E-state index is 13.5. The van der Waals surface area contributed by atoms with Crippen molar-refractivity contribution in [3.8, 4) is 5.75 Å². The summed E-state index contributed by atoms with van der Waals surface area (Å²) in [7, 11) is 1.84. The van der Waals surface area contributed by atoms with Gasteiger partial charge in [-0.05, 0) is 25.0 Å². The predicted octanol–water partition coefficient (Wildman–Crippen LogP) is 3.14. The molecule has 0 atom stereocenters. The lowest BCUT2D eigenvalue weighted by Gasteiger charge is -2.58. The number of hydrogen-bond acceptors (Lipinski definition) is 4. The zero-order valence-corrected chi connectivity index (χ0v) is 17.9. The van der Waals surface area contributed by atoms with Crippen molar-refractivity contribution in [2.24, 2.45) is 12.5 Å². The van der Waals surface area contributed by atoms with Crippen LogP contribution in [0.5, 0.6) is 5.75 Å². The molecule has 1 aromatic carbocycles. The van der Waals surface area contributed by atoms with Gasteiger partial charge in [0.05, 0.1) is 6.20 Å². The van der Waals surface area contributed by atoms with Crippen LogP contribution >= 0.6 is 0 Å². The largest absolute Gasteiger partial charge is 0.573 e. The monoisotopic (exact) mass is 480 g/mol. The van der Waals surface area contributed by atoms with Gasteiger partial charge in [-0.25, -0.2) is 13.7 Å². The maximum atomic E-state index is 13.5. The van der Waals surface area contributed by atoms with E-state index in [-0.39, 0.29) is 23.1 Å². The number of halogens is 4. The van der Waals surface area contributed by atoms with Gasteiger partial charge < -0.3 is 24.8 Å². The number of hydrogen-bond donors (Lipinski definition) is 2. The number of nitrogens with zero attached hydrogens (tertiary/aromatic N) is 4. The Balaban J connectivity index is 1.11. The third kappa shape index (κ3) is 4.01. The van der Waals surface area contributed by atoms with Crippen molar-refractivity contribution in [3.05, 3.63) is 48.2 Å². The van der Waals surface area contributed by atoms with Crippen molar-refractivity contribution in [1.29, 1.82) is 0 Å². The van der Waals surface area contributed by atoms with E-state index in [0.29, 0.717) is 31.5 Å². The quantitative estimate of drug-likeness (QED) is 0.562. The average molecular weight is 480 g/mol. The van der Waals surface area contributed by atoms with Crippen molar-refractivity contribution in [2.45, 2.75) is 25.2 Å². The summed E-state index contributed by atoms with van der Waals surface area (Å²) in [5, 5.41) is 9.31. The summed E-state index contributed by atoms with van der Waals surface area (Å²) in [5.74, 6) is -2.32. The summed E-state index contributed by atoms with van der Waals surface area (Å²) in [4.78, 5) is 26.8. The number of imidazole rings is 1.